The van der Waals surface area contributed by atoms with Crippen LogP contribution in [0, 0.1) is 10.1 Å². The van der Waals surface area contributed by atoms with E-state index < -0.39 is 11.0 Å². The molecule has 1 amide bonds. The van der Waals surface area contributed by atoms with Crippen LogP contribution in [0.1, 0.15) is 5.76 Å². The second-order valence-corrected chi connectivity index (χ2v) is 5.33. The molecule has 10 nitrogen and oxygen atoms in total. The molecular formula is C13H17N4O6+. The van der Waals surface area contributed by atoms with Crippen LogP contribution in [0.3, 0.4) is 0 Å². The maximum atomic E-state index is 11.8. The van der Waals surface area contributed by atoms with Crippen molar-refractivity contribution >= 4 is 18.2 Å². The summed E-state index contributed by atoms with van der Waals surface area (Å²) < 4.78 is 15.5. The van der Waals surface area contributed by atoms with Gasteiger partial charge in [0.1, 0.15) is 24.6 Å². The summed E-state index contributed by atoms with van der Waals surface area (Å²) in [6.07, 6.45) is 0.511. The second-order valence-electron chi connectivity index (χ2n) is 5.33. The van der Waals surface area contributed by atoms with Crippen molar-refractivity contribution in [1.82, 2.24) is 5.01 Å². The van der Waals surface area contributed by atoms with Gasteiger partial charge in [-0.05, 0) is 6.07 Å². The minimum absolute atomic E-state index is 0.201. The van der Waals surface area contributed by atoms with Gasteiger partial charge in [0.05, 0.1) is 32.0 Å². The van der Waals surface area contributed by atoms with Crippen molar-refractivity contribution in [3.05, 3.63) is 28.0 Å². The topological polar surface area (TPSA) is 112 Å². The van der Waals surface area contributed by atoms with Crippen LogP contribution in [0.2, 0.25) is 0 Å². The van der Waals surface area contributed by atoms with E-state index in [9.17, 15) is 14.9 Å². The highest BCUT2D eigenvalue weighted by Crippen LogP contribution is 2.15. The molecule has 1 aromatic heterocycles. The average molecular weight is 325 g/mol. The molecule has 1 N–H and O–H groups in total. The first-order chi connectivity index (χ1) is 11.1. The van der Waals surface area contributed by atoms with Gasteiger partial charge in [-0.15, -0.1) is 0 Å². The lowest BCUT2D eigenvalue weighted by molar-refractivity contribution is -0.910. The van der Waals surface area contributed by atoms with Gasteiger partial charge in [-0.2, -0.15) is 10.1 Å². The van der Waals surface area contributed by atoms with Gasteiger partial charge in [-0.25, -0.2) is 4.79 Å². The van der Waals surface area contributed by atoms with E-state index in [-0.39, 0.29) is 17.7 Å². The van der Waals surface area contributed by atoms with Crippen LogP contribution in [0.4, 0.5) is 10.7 Å². The predicted octanol–water partition coefficient (Wildman–Crippen LogP) is -0.742. The van der Waals surface area contributed by atoms with E-state index in [1.807, 2.05) is 0 Å². The van der Waals surface area contributed by atoms with E-state index in [0.717, 1.165) is 26.3 Å². The average Bonchev–Trinajstić information content (AvgIpc) is 3.13. The summed E-state index contributed by atoms with van der Waals surface area (Å²) in [6.45, 7) is 4.29. The molecule has 0 aromatic carbocycles. The molecule has 23 heavy (non-hydrogen) atoms. The fourth-order valence-electron chi connectivity index (χ4n) is 2.53. The van der Waals surface area contributed by atoms with Crippen molar-refractivity contribution in [2.75, 3.05) is 39.4 Å². The van der Waals surface area contributed by atoms with E-state index in [4.69, 9.17) is 13.9 Å². The minimum Gasteiger partial charge on any atom is -0.437 e. The molecule has 1 aromatic rings. The third-order valence-corrected chi connectivity index (χ3v) is 3.69. The number of morpholine rings is 1. The zero-order chi connectivity index (χ0) is 16.2. The second kappa shape index (κ2) is 6.75. The molecule has 3 heterocycles. The Morgan fingerprint density at radius 1 is 1.43 bits per heavy atom. The number of hydrazone groups is 1. The largest absolute Gasteiger partial charge is 0.437 e. The monoisotopic (exact) mass is 325 g/mol. The Hall–Kier alpha value is -2.46. The van der Waals surface area contributed by atoms with Gasteiger partial charge in [0.2, 0.25) is 0 Å². The molecule has 10 heteroatoms. The summed E-state index contributed by atoms with van der Waals surface area (Å²) in [4.78, 5) is 23.0. The highest BCUT2D eigenvalue weighted by Gasteiger charge is 2.34. The zero-order valence-corrected chi connectivity index (χ0v) is 12.3. The molecular weight excluding hydrogens is 308 g/mol. The molecule has 3 rings (SSSR count). The number of rotatable bonds is 5. The highest BCUT2D eigenvalue weighted by atomic mass is 16.6. The smallest absolute Gasteiger partial charge is 0.433 e. The molecule has 1 atom stereocenters. The van der Waals surface area contributed by atoms with Gasteiger partial charge in [0.25, 0.3) is 0 Å². The van der Waals surface area contributed by atoms with Crippen molar-refractivity contribution in [1.29, 1.82) is 0 Å². The molecule has 2 fully saturated rings. The summed E-state index contributed by atoms with van der Waals surface area (Å²) in [7, 11) is 0. The Kier molecular flexibility index (Phi) is 4.53. The fraction of sp³-hybridized carbons (Fsp3) is 0.538. The Labute approximate surface area is 131 Å². The number of quaternary nitrogens is 1. The van der Waals surface area contributed by atoms with Crippen molar-refractivity contribution in [2.24, 2.45) is 5.10 Å². The van der Waals surface area contributed by atoms with Crippen LogP contribution < -0.4 is 4.90 Å². The standard InChI is InChI=1S/C13H16N4O6/c18-13-16(14-7-10-1-2-12(22-10)17(19)20)9-11(23-13)8-15-3-5-21-6-4-15/h1-2,7,11H,3-6,8-9H2/p+1/b14-7-/t11-/m1/s1. The first-order valence-corrected chi connectivity index (χ1v) is 7.29. The van der Waals surface area contributed by atoms with Crippen LogP contribution in [0.25, 0.3) is 0 Å². The number of carbonyl (C=O) groups is 1. The Balaban J connectivity index is 1.54. The lowest BCUT2D eigenvalue weighted by Crippen LogP contribution is -3.15. The quantitative estimate of drug-likeness (QED) is 0.433. The van der Waals surface area contributed by atoms with E-state index in [0.29, 0.717) is 13.1 Å². The Morgan fingerprint density at radius 2 is 2.22 bits per heavy atom. The Bertz CT molecular complexity index is 609. The first-order valence-electron chi connectivity index (χ1n) is 7.29. The molecule has 2 aliphatic heterocycles. The number of nitro groups is 1. The van der Waals surface area contributed by atoms with E-state index in [1.54, 1.807) is 0 Å². The number of nitrogens with one attached hydrogen (secondary N) is 1. The van der Waals surface area contributed by atoms with Gasteiger partial charge in [0, 0.05) is 0 Å². The lowest BCUT2D eigenvalue weighted by Gasteiger charge is -2.25. The van der Waals surface area contributed by atoms with Crippen molar-refractivity contribution in [3.63, 3.8) is 0 Å². The van der Waals surface area contributed by atoms with Crippen molar-refractivity contribution < 1.29 is 28.5 Å². The van der Waals surface area contributed by atoms with Crippen molar-refractivity contribution in [3.8, 4) is 0 Å². The number of ether oxygens (including phenoxy) is 2. The van der Waals surface area contributed by atoms with Gasteiger partial charge < -0.3 is 18.8 Å². The molecule has 0 saturated carbocycles. The number of cyclic esters (lactones) is 1. The number of nitrogens with zero attached hydrogens (tertiary/aromatic N) is 3. The fourth-order valence-corrected chi connectivity index (χ4v) is 2.53. The third-order valence-electron chi connectivity index (χ3n) is 3.69. The molecule has 0 bridgehead atoms. The summed E-state index contributed by atoms with van der Waals surface area (Å²) >= 11 is 0. The van der Waals surface area contributed by atoms with E-state index in [1.165, 1.54) is 28.3 Å². The predicted molar refractivity (Wildman–Crippen MR) is 76.3 cm³/mol. The SMILES string of the molecule is O=C1O[C@H](C[NH+]2CCOCC2)CN1/N=C\c1ccc([N+](=O)[O-])o1. The van der Waals surface area contributed by atoms with E-state index in [2.05, 4.69) is 5.10 Å². The zero-order valence-electron chi connectivity index (χ0n) is 12.3. The summed E-state index contributed by atoms with van der Waals surface area (Å²) in [5.41, 5.74) is 0. The molecule has 2 aliphatic rings. The third kappa shape index (κ3) is 3.85. The molecule has 0 spiro atoms. The van der Waals surface area contributed by atoms with Crippen LogP contribution in [0.5, 0.6) is 0 Å². The highest BCUT2D eigenvalue weighted by molar-refractivity contribution is 5.78. The maximum Gasteiger partial charge on any atom is 0.433 e. The number of hydrogen-bond acceptors (Lipinski definition) is 7. The number of carbonyl (C=O) groups excluding carboxylic acids is 1. The van der Waals surface area contributed by atoms with Crippen LogP contribution in [-0.2, 0) is 9.47 Å². The van der Waals surface area contributed by atoms with Crippen LogP contribution in [-0.4, -0.2) is 67.7 Å². The molecule has 124 valence electrons. The number of hydrogen-bond donors (Lipinski definition) is 1. The number of furan rings is 1. The maximum absolute atomic E-state index is 11.8. The summed E-state index contributed by atoms with van der Waals surface area (Å²) in [5.74, 6) is -0.170. The molecule has 0 aliphatic carbocycles. The first kappa shape index (κ1) is 15.4. The van der Waals surface area contributed by atoms with Crippen LogP contribution in [0.15, 0.2) is 21.7 Å². The normalized spacial score (nSPS) is 22.7. The molecule has 0 unspecified atom stereocenters. The summed E-state index contributed by atoms with van der Waals surface area (Å²) in [5, 5.41) is 15.7. The van der Waals surface area contributed by atoms with Gasteiger partial charge in [-0.3, -0.25) is 10.1 Å². The van der Waals surface area contributed by atoms with Crippen LogP contribution >= 0.6 is 0 Å². The van der Waals surface area contributed by atoms with Gasteiger partial charge in [0.15, 0.2) is 11.9 Å². The Morgan fingerprint density at radius 3 is 2.91 bits per heavy atom. The summed E-state index contributed by atoms with van der Waals surface area (Å²) in [6, 6.07) is 2.65. The van der Waals surface area contributed by atoms with Gasteiger partial charge in [-0.1, -0.05) is 0 Å². The molecule has 0 radical (unpaired) electrons. The van der Waals surface area contributed by atoms with Gasteiger partial charge >= 0.3 is 12.0 Å². The minimum atomic E-state index is -0.636. The molecule has 2 saturated heterocycles. The lowest BCUT2D eigenvalue weighted by atomic mass is 10.3. The number of amides is 1. The van der Waals surface area contributed by atoms with Crippen molar-refractivity contribution in [2.45, 2.75) is 6.10 Å². The van der Waals surface area contributed by atoms with E-state index >= 15 is 0 Å².